The standard InChI is InChI=1S/C16H27N3O2/c1-4-13(5-2)19-11(3)9-14(18-19)16(21)17-10-12-7-6-8-15(12)20/h9,12-13,15,20H,4-8,10H2,1-3H3,(H,17,21). The molecule has 1 aliphatic rings. The number of carbonyl (C=O) groups excluding carboxylic acids is 1. The summed E-state index contributed by atoms with van der Waals surface area (Å²) in [6.07, 6.45) is 4.63. The van der Waals surface area contributed by atoms with Crippen molar-refractivity contribution in [1.82, 2.24) is 15.1 Å². The van der Waals surface area contributed by atoms with Crippen LogP contribution >= 0.6 is 0 Å². The largest absolute Gasteiger partial charge is 0.393 e. The minimum absolute atomic E-state index is 0.137. The second kappa shape index (κ2) is 7.07. The maximum absolute atomic E-state index is 12.2. The third-order valence-corrected chi connectivity index (χ3v) is 4.59. The van der Waals surface area contributed by atoms with Crippen LogP contribution in [0.15, 0.2) is 6.07 Å². The van der Waals surface area contributed by atoms with Crippen molar-refractivity contribution in [3.63, 3.8) is 0 Å². The van der Waals surface area contributed by atoms with Gasteiger partial charge >= 0.3 is 0 Å². The van der Waals surface area contributed by atoms with Crippen LogP contribution in [-0.4, -0.2) is 33.4 Å². The van der Waals surface area contributed by atoms with E-state index in [1.54, 1.807) is 0 Å². The van der Waals surface area contributed by atoms with Crippen LogP contribution in [0, 0.1) is 12.8 Å². The van der Waals surface area contributed by atoms with E-state index in [4.69, 9.17) is 0 Å². The molecular weight excluding hydrogens is 266 g/mol. The molecule has 21 heavy (non-hydrogen) atoms. The highest BCUT2D eigenvalue weighted by Gasteiger charge is 2.26. The molecule has 1 amide bonds. The molecule has 5 heteroatoms. The summed E-state index contributed by atoms with van der Waals surface area (Å²) in [6, 6.07) is 2.20. The molecule has 2 N–H and O–H groups in total. The fourth-order valence-corrected chi connectivity index (χ4v) is 3.17. The van der Waals surface area contributed by atoms with Crippen molar-refractivity contribution in [2.75, 3.05) is 6.54 Å². The van der Waals surface area contributed by atoms with E-state index in [0.717, 1.165) is 37.8 Å². The molecule has 0 radical (unpaired) electrons. The van der Waals surface area contributed by atoms with E-state index < -0.39 is 0 Å². The van der Waals surface area contributed by atoms with Crippen molar-refractivity contribution < 1.29 is 9.90 Å². The number of aliphatic hydroxyl groups is 1. The lowest BCUT2D eigenvalue weighted by Gasteiger charge is -2.15. The zero-order valence-electron chi connectivity index (χ0n) is 13.3. The van der Waals surface area contributed by atoms with Gasteiger partial charge in [0.2, 0.25) is 0 Å². The van der Waals surface area contributed by atoms with Crippen molar-refractivity contribution >= 4 is 5.91 Å². The molecule has 0 aromatic carbocycles. The monoisotopic (exact) mass is 293 g/mol. The first-order valence-corrected chi connectivity index (χ1v) is 8.09. The highest BCUT2D eigenvalue weighted by molar-refractivity contribution is 5.92. The Morgan fingerprint density at radius 3 is 2.76 bits per heavy atom. The molecule has 1 fully saturated rings. The summed E-state index contributed by atoms with van der Waals surface area (Å²) in [5.74, 6) is 0.0538. The van der Waals surface area contributed by atoms with Crippen molar-refractivity contribution in [3.05, 3.63) is 17.5 Å². The number of aromatic nitrogens is 2. The third kappa shape index (κ3) is 3.64. The lowest BCUT2D eigenvalue weighted by Crippen LogP contribution is -2.32. The molecule has 1 heterocycles. The van der Waals surface area contributed by atoms with Gasteiger partial charge in [0, 0.05) is 18.2 Å². The first-order valence-electron chi connectivity index (χ1n) is 8.09. The number of rotatable bonds is 6. The SMILES string of the molecule is CCC(CC)n1nc(C(=O)NCC2CCCC2O)cc1C. The van der Waals surface area contributed by atoms with Crippen LogP contribution in [-0.2, 0) is 0 Å². The van der Waals surface area contributed by atoms with Crippen molar-refractivity contribution in [3.8, 4) is 0 Å². The topological polar surface area (TPSA) is 67.2 Å². The van der Waals surface area contributed by atoms with Gasteiger partial charge in [0.15, 0.2) is 0 Å². The Bertz CT molecular complexity index is 480. The number of hydrogen-bond acceptors (Lipinski definition) is 3. The van der Waals surface area contributed by atoms with Crippen LogP contribution in [0.1, 0.15) is 68.2 Å². The van der Waals surface area contributed by atoms with E-state index in [-0.39, 0.29) is 17.9 Å². The maximum Gasteiger partial charge on any atom is 0.271 e. The Labute approximate surface area is 126 Å². The molecule has 1 saturated carbocycles. The Balaban J connectivity index is 1.98. The van der Waals surface area contributed by atoms with Gasteiger partial charge in [0.1, 0.15) is 5.69 Å². The third-order valence-electron chi connectivity index (χ3n) is 4.59. The van der Waals surface area contributed by atoms with Gasteiger partial charge in [-0.2, -0.15) is 5.10 Å². The van der Waals surface area contributed by atoms with Crippen LogP contribution in [0.2, 0.25) is 0 Å². The molecule has 0 bridgehead atoms. The van der Waals surface area contributed by atoms with Crippen molar-refractivity contribution in [1.29, 1.82) is 0 Å². The first-order chi connectivity index (χ1) is 10.1. The molecule has 0 spiro atoms. The van der Waals surface area contributed by atoms with Gasteiger partial charge in [-0.15, -0.1) is 0 Å². The van der Waals surface area contributed by atoms with Crippen molar-refractivity contribution in [2.24, 2.45) is 5.92 Å². The van der Waals surface area contributed by atoms with Gasteiger partial charge in [-0.1, -0.05) is 20.3 Å². The summed E-state index contributed by atoms with van der Waals surface area (Å²) in [5.41, 5.74) is 1.50. The average molecular weight is 293 g/mol. The fraction of sp³-hybridized carbons (Fsp3) is 0.750. The van der Waals surface area contributed by atoms with Gasteiger partial charge in [0.25, 0.3) is 5.91 Å². The van der Waals surface area contributed by atoms with E-state index in [0.29, 0.717) is 18.3 Å². The molecule has 1 aromatic rings. The quantitative estimate of drug-likeness (QED) is 0.846. The van der Waals surface area contributed by atoms with E-state index in [9.17, 15) is 9.90 Å². The number of nitrogens with one attached hydrogen (secondary N) is 1. The first kappa shape index (κ1) is 16.0. The second-order valence-corrected chi connectivity index (χ2v) is 6.05. The van der Waals surface area contributed by atoms with Crippen LogP contribution in [0.5, 0.6) is 0 Å². The lowest BCUT2D eigenvalue weighted by molar-refractivity contribution is 0.0911. The van der Waals surface area contributed by atoms with Crippen molar-refractivity contribution in [2.45, 2.75) is 65.0 Å². The molecular formula is C16H27N3O2. The summed E-state index contributed by atoms with van der Waals surface area (Å²) >= 11 is 0. The van der Waals surface area contributed by atoms with E-state index in [1.165, 1.54) is 0 Å². The number of carbonyl (C=O) groups is 1. The molecule has 0 saturated heterocycles. The van der Waals surface area contributed by atoms with E-state index in [2.05, 4.69) is 24.3 Å². The Morgan fingerprint density at radius 2 is 2.19 bits per heavy atom. The van der Waals surface area contributed by atoms with Crippen LogP contribution in [0.4, 0.5) is 0 Å². The molecule has 1 aliphatic carbocycles. The number of aryl methyl sites for hydroxylation is 1. The summed E-state index contributed by atoms with van der Waals surface area (Å²) < 4.78 is 1.96. The van der Waals surface area contributed by atoms with E-state index in [1.807, 2.05) is 17.7 Å². The Kier molecular flexibility index (Phi) is 5.39. The van der Waals surface area contributed by atoms with Gasteiger partial charge in [0.05, 0.1) is 12.1 Å². The van der Waals surface area contributed by atoms with Gasteiger partial charge in [-0.05, 0) is 38.7 Å². The number of nitrogens with zero attached hydrogens (tertiary/aromatic N) is 2. The minimum Gasteiger partial charge on any atom is -0.393 e. The predicted octanol–water partition coefficient (Wildman–Crippen LogP) is 2.44. The van der Waals surface area contributed by atoms with Gasteiger partial charge < -0.3 is 10.4 Å². The van der Waals surface area contributed by atoms with Crippen LogP contribution < -0.4 is 5.32 Å². The number of aliphatic hydroxyl groups excluding tert-OH is 1. The summed E-state index contributed by atoms with van der Waals surface area (Å²) in [7, 11) is 0. The zero-order chi connectivity index (χ0) is 15.4. The normalized spacial score (nSPS) is 22.0. The zero-order valence-corrected chi connectivity index (χ0v) is 13.3. The molecule has 2 rings (SSSR count). The summed E-state index contributed by atoms with van der Waals surface area (Å²) in [6.45, 7) is 6.80. The molecule has 2 atom stereocenters. The van der Waals surface area contributed by atoms with Crippen LogP contribution in [0.25, 0.3) is 0 Å². The van der Waals surface area contributed by atoms with Crippen LogP contribution in [0.3, 0.4) is 0 Å². The van der Waals surface area contributed by atoms with E-state index >= 15 is 0 Å². The second-order valence-electron chi connectivity index (χ2n) is 6.05. The highest BCUT2D eigenvalue weighted by Crippen LogP contribution is 2.24. The molecule has 0 aliphatic heterocycles. The molecule has 5 nitrogen and oxygen atoms in total. The number of amides is 1. The minimum atomic E-state index is -0.269. The smallest absolute Gasteiger partial charge is 0.271 e. The van der Waals surface area contributed by atoms with Gasteiger partial charge in [-0.3, -0.25) is 9.48 Å². The Morgan fingerprint density at radius 1 is 1.48 bits per heavy atom. The maximum atomic E-state index is 12.2. The fourth-order valence-electron chi connectivity index (χ4n) is 3.17. The summed E-state index contributed by atoms with van der Waals surface area (Å²) in [5, 5.41) is 17.2. The number of hydrogen-bond donors (Lipinski definition) is 2. The Hall–Kier alpha value is -1.36. The lowest BCUT2D eigenvalue weighted by atomic mass is 10.1. The average Bonchev–Trinajstić information content (AvgIpc) is 3.05. The van der Waals surface area contributed by atoms with Gasteiger partial charge in [-0.25, -0.2) is 0 Å². The molecule has 1 aromatic heterocycles. The highest BCUT2D eigenvalue weighted by atomic mass is 16.3. The summed E-state index contributed by atoms with van der Waals surface area (Å²) in [4.78, 5) is 12.2. The molecule has 118 valence electrons. The predicted molar refractivity (Wildman–Crippen MR) is 82.3 cm³/mol. The molecule has 2 unspecified atom stereocenters.